The van der Waals surface area contributed by atoms with Gasteiger partial charge in [-0.05, 0) is 56.9 Å². The predicted octanol–water partition coefficient (Wildman–Crippen LogP) is 4.48. The molecule has 5 nitrogen and oxygen atoms in total. The van der Waals surface area contributed by atoms with Gasteiger partial charge in [-0.25, -0.2) is 9.97 Å². The number of piperidine rings is 1. The molecule has 29 heavy (non-hydrogen) atoms. The van der Waals surface area contributed by atoms with Crippen molar-refractivity contribution >= 4 is 5.91 Å². The van der Waals surface area contributed by atoms with Crippen molar-refractivity contribution in [3.63, 3.8) is 0 Å². The maximum absolute atomic E-state index is 13.1. The number of hydrogen-bond donors (Lipinski definition) is 0. The highest BCUT2D eigenvalue weighted by Gasteiger charge is 2.28. The molecule has 4 rings (SSSR count). The molecule has 1 aromatic carbocycles. The lowest BCUT2D eigenvalue weighted by molar-refractivity contribution is 0.0704. The third-order valence-corrected chi connectivity index (χ3v) is 5.54. The molecule has 2 aromatic heterocycles. The number of amides is 1. The zero-order valence-corrected chi connectivity index (χ0v) is 17.2. The number of rotatable bonds is 3. The molecule has 0 saturated carbocycles. The molecule has 1 fully saturated rings. The average molecular weight is 386 g/mol. The van der Waals surface area contributed by atoms with E-state index in [1.54, 1.807) is 6.20 Å². The number of aromatic nitrogens is 3. The van der Waals surface area contributed by atoms with Gasteiger partial charge in [0.1, 0.15) is 5.82 Å². The van der Waals surface area contributed by atoms with Crippen LogP contribution >= 0.6 is 0 Å². The van der Waals surface area contributed by atoms with Gasteiger partial charge < -0.3 is 4.90 Å². The first-order valence-electron chi connectivity index (χ1n) is 10.1. The van der Waals surface area contributed by atoms with Crippen LogP contribution in [0.2, 0.25) is 0 Å². The third kappa shape index (κ3) is 4.19. The van der Waals surface area contributed by atoms with Gasteiger partial charge in [-0.1, -0.05) is 30.3 Å². The van der Waals surface area contributed by atoms with Crippen LogP contribution < -0.4 is 0 Å². The van der Waals surface area contributed by atoms with Crippen molar-refractivity contribution in [2.24, 2.45) is 0 Å². The Morgan fingerprint density at radius 3 is 2.59 bits per heavy atom. The molecule has 0 unspecified atom stereocenters. The minimum absolute atomic E-state index is 0.0168. The minimum Gasteiger partial charge on any atom is -0.338 e. The van der Waals surface area contributed by atoms with E-state index in [0.717, 1.165) is 36.5 Å². The first kappa shape index (κ1) is 19.2. The van der Waals surface area contributed by atoms with Crippen molar-refractivity contribution in [3.05, 3.63) is 77.1 Å². The fourth-order valence-corrected chi connectivity index (χ4v) is 4.07. The quantitative estimate of drug-likeness (QED) is 0.666. The zero-order valence-electron chi connectivity index (χ0n) is 17.2. The average Bonchev–Trinajstić information content (AvgIpc) is 2.73. The van der Waals surface area contributed by atoms with E-state index in [-0.39, 0.29) is 11.8 Å². The van der Waals surface area contributed by atoms with E-state index in [2.05, 4.69) is 46.4 Å². The Bertz CT molecular complexity index is 1030. The van der Waals surface area contributed by atoms with Gasteiger partial charge in [0.05, 0.1) is 11.3 Å². The van der Waals surface area contributed by atoms with Crippen LogP contribution in [-0.2, 0) is 0 Å². The number of nitrogens with zero attached hydrogens (tertiary/aromatic N) is 4. The highest BCUT2D eigenvalue weighted by Crippen LogP contribution is 2.30. The van der Waals surface area contributed by atoms with Crippen LogP contribution in [0, 0.1) is 20.8 Å². The standard InChI is InChI=1S/C24H26N4O/c1-16-12-21(19-8-5-4-6-9-19)13-23(26-16)20-10-7-11-28(15-20)24(29)22-14-25-18(3)27-17(22)2/h4-6,8-9,12-14,20H,7,10-11,15H2,1-3H3/t20-/m0/s1. The maximum atomic E-state index is 13.1. The summed E-state index contributed by atoms with van der Waals surface area (Å²) >= 11 is 0. The summed E-state index contributed by atoms with van der Waals surface area (Å²) in [6.45, 7) is 7.19. The molecule has 0 spiro atoms. The number of pyridine rings is 1. The van der Waals surface area contributed by atoms with Crippen molar-refractivity contribution in [2.75, 3.05) is 13.1 Å². The van der Waals surface area contributed by atoms with E-state index >= 15 is 0 Å². The normalized spacial score (nSPS) is 16.7. The van der Waals surface area contributed by atoms with Crippen LogP contribution in [0.25, 0.3) is 11.1 Å². The molecule has 0 aliphatic carbocycles. The Hall–Kier alpha value is -3.08. The first-order valence-corrected chi connectivity index (χ1v) is 10.1. The van der Waals surface area contributed by atoms with Crippen molar-refractivity contribution in [1.82, 2.24) is 19.9 Å². The van der Waals surface area contributed by atoms with E-state index in [9.17, 15) is 4.79 Å². The molecule has 0 N–H and O–H groups in total. The zero-order chi connectivity index (χ0) is 20.4. The SMILES string of the molecule is Cc1cc(-c2ccccc2)cc([C@H]2CCCN(C(=O)c3cnc(C)nc3C)C2)n1. The topological polar surface area (TPSA) is 59.0 Å². The molecule has 1 aliphatic rings. The number of likely N-dealkylation sites (tertiary alicyclic amines) is 1. The van der Waals surface area contributed by atoms with Crippen LogP contribution in [0.4, 0.5) is 0 Å². The summed E-state index contributed by atoms with van der Waals surface area (Å²) in [7, 11) is 0. The second-order valence-corrected chi connectivity index (χ2v) is 7.79. The number of carbonyl (C=O) groups is 1. The second-order valence-electron chi connectivity index (χ2n) is 7.79. The molecule has 148 valence electrons. The summed E-state index contributed by atoms with van der Waals surface area (Å²) in [5, 5.41) is 0. The Morgan fingerprint density at radius 2 is 1.83 bits per heavy atom. The summed E-state index contributed by atoms with van der Waals surface area (Å²) in [6.07, 6.45) is 3.67. The van der Waals surface area contributed by atoms with Gasteiger partial charge in [-0.15, -0.1) is 0 Å². The third-order valence-electron chi connectivity index (χ3n) is 5.54. The Morgan fingerprint density at radius 1 is 1.03 bits per heavy atom. The van der Waals surface area contributed by atoms with Gasteiger partial charge in [-0.3, -0.25) is 9.78 Å². The maximum Gasteiger partial charge on any atom is 0.257 e. The predicted molar refractivity (Wildman–Crippen MR) is 114 cm³/mol. The van der Waals surface area contributed by atoms with Crippen molar-refractivity contribution in [3.8, 4) is 11.1 Å². The van der Waals surface area contributed by atoms with Gasteiger partial charge in [0, 0.05) is 36.6 Å². The monoisotopic (exact) mass is 386 g/mol. The lowest BCUT2D eigenvalue weighted by Gasteiger charge is -2.33. The Balaban J connectivity index is 1.59. The summed E-state index contributed by atoms with van der Waals surface area (Å²) in [5.74, 6) is 0.942. The lowest BCUT2D eigenvalue weighted by Crippen LogP contribution is -2.39. The molecule has 1 saturated heterocycles. The number of aryl methyl sites for hydroxylation is 3. The van der Waals surface area contributed by atoms with E-state index in [1.807, 2.05) is 31.7 Å². The van der Waals surface area contributed by atoms with E-state index in [4.69, 9.17) is 4.98 Å². The highest BCUT2D eigenvalue weighted by molar-refractivity contribution is 5.95. The fraction of sp³-hybridized carbons (Fsp3) is 0.333. The van der Waals surface area contributed by atoms with Gasteiger partial charge >= 0.3 is 0 Å². The van der Waals surface area contributed by atoms with E-state index in [1.165, 1.54) is 11.1 Å². The molecule has 1 atom stereocenters. The second kappa shape index (κ2) is 8.11. The van der Waals surface area contributed by atoms with Crippen LogP contribution in [0.15, 0.2) is 48.7 Å². The van der Waals surface area contributed by atoms with E-state index < -0.39 is 0 Å². The smallest absolute Gasteiger partial charge is 0.257 e. The van der Waals surface area contributed by atoms with Crippen LogP contribution in [0.1, 0.15) is 52.0 Å². The highest BCUT2D eigenvalue weighted by atomic mass is 16.2. The Labute approximate surface area is 171 Å². The molecule has 1 amide bonds. The van der Waals surface area contributed by atoms with Crippen molar-refractivity contribution in [1.29, 1.82) is 0 Å². The Kier molecular flexibility index (Phi) is 5.38. The molecule has 3 aromatic rings. The van der Waals surface area contributed by atoms with Gasteiger partial charge in [-0.2, -0.15) is 0 Å². The van der Waals surface area contributed by atoms with Gasteiger partial charge in [0.25, 0.3) is 5.91 Å². The molecular formula is C24H26N4O. The van der Waals surface area contributed by atoms with Crippen molar-refractivity contribution < 1.29 is 4.79 Å². The summed E-state index contributed by atoms with van der Waals surface area (Å²) in [5.41, 5.74) is 5.78. The van der Waals surface area contributed by atoms with Crippen LogP contribution in [-0.4, -0.2) is 38.8 Å². The minimum atomic E-state index is 0.0168. The first-order chi connectivity index (χ1) is 14.0. The molecule has 0 bridgehead atoms. The van der Waals surface area contributed by atoms with Gasteiger partial charge in [0.2, 0.25) is 0 Å². The molecule has 1 aliphatic heterocycles. The molecule has 0 radical (unpaired) electrons. The molecular weight excluding hydrogens is 360 g/mol. The number of benzene rings is 1. The molecule has 5 heteroatoms. The number of hydrogen-bond acceptors (Lipinski definition) is 4. The summed E-state index contributed by atoms with van der Waals surface area (Å²) < 4.78 is 0. The van der Waals surface area contributed by atoms with E-state index in [0.29, 0.717) is 17.9 Å². The molecule has 3 heterocycles. The summed E-state index contributed by atoms with van der Waals surface area (Å²) in [4.78, 5) is 28.4. The van der Waals surface area contributed by atoms with Crippen molar-refractivity contribution in [2.45, 2.75) is 39.5 Å². The summed E-state index contributed by atoms with van der Waals surface area (Å²) in [6, 6.07) is 14.7. The van der Waals surface area contributed by atoms with Crippen LogP contribution in [0.3, 0.4) is 0 Å². The van der Waals surface area contributed by atoms with Gasteiger partial charge in [0.15, 0.2) is 0 Å². The lowest BCUT2D eigenvalue weighted by atomic mass is 9.92. The fourth-order valence-electron chi connectivity index (χ4n) is 4.07. The van der Waals surface area contributed by atoms with Crippen LogP contribution in [0.5, 0.6) is 0 Å². The number of carbonyl (C=O) groups excluding carboxylic acids is 1. The largest absolute Gasteiger partial charge is 0.338 e.